The Morgan fingerprint density at radius 2 is 2.11 bits per heavy atom. The maximum absolute atomic E-state index is 14.5. The van der Waals surface area contributed by atoms with E-state index in [0.29, 0.717) is 35.3 Å². The van der Waals surface area contributed by atoms with Crippen LogP contribution in [-0.2, 0) is 11.2 Å². The van der Waals surface area contributed by atoms with Gasteiger partial charge in [0, 0.05) is 12.6 Å². The Morgan fingerprint density at radius 1 is 1.30 bits per heavy atom. The van der Waals surface area contributed by atoms with E-state index in [1.165, 1.54) is 6.42 Å². The van der Waals surface area contributed by atoms with Crippen molar-refractivity contribution in [2.24, 2.45) is 23.2 Å². The molecule has 1 N–H and O–H groups in total. The zero-order valence-electron chi connectivity index (χ0n) is 16.4. The van der Waals surface area contributed by atoms with Gasteiger partial charge in [-0.15, -0.1) is 0 Å². The van der Waals surface area contributed by atoms with Gasteiger partial charge in [0.05, 0.1) is 11.0 Å². The molecule has 3 saturated carbocycles. The molecule has 3 unspecified atom stereocenters. The summed E-state index contributed by atoms with van der Waals surface area (Å²) in [5.74, 6) is 1.53. The molecule has 1 aromatic rings. The molecular formula is C23H30FNO2. The van der Waals surface area contributed by atoms with Gasteiger partial charge >= 0.3 is 0 Å². The maximum Gasteiger partial charge on any atom is 0.229 e. The van der Waals surface area contributed by atoms with Gasteiger partial charge in [-0.3, -0.25) is 4.79 Å². The third-order valence-corrected chi connectivity index (χ3v) is 8.34. The fourth-order valence-corrected chi connectivity index (χ4v) is 6.99. The highest BCUT2D eigenvalue weighted by Crippen LogP contribution is 2.61. The van der Waals surface area contributed by atoms with Crippen LogP contribution >= 0.6 is 0 Å². The summed E-state index contributed by atoms with van der Waals surface area (Å²) in [5, 5.41) is 10.9. The Hall–Kier alpha value is -1.42. The van der Waals surface area contributed by atoms with Gasteiger partial charge in [-0.1, -0.05) is 25.1 Å². The van der Waals surface area contributed by atoms with Crippen molar-refractivity contribution in [3.05, 3.63) is 35.1 Å². The summed E-state index contributed by atoms with van der Waals surface area (Å²) >= 11 is 0. The Morgan fingerprint density at radius 3 is 2.89 bits per heavy atom. The summed E-state index contributed by atoms with van der Waals surface area (Å²) in [6.07, 6.45) is 6.31. The summed E-state index contributed by atoms with van der Waals surface area (Å²) in [6, 6.07) is 5.76. The van der Waals surface area contributed by atoms with E-state index in [-0.39, 0.29) is 17.8 Å². The van der Waals surface area contributed by atoms with E-state index < -0.39 is 11.0 Å². The van der Waals surface area contributed by atoms with Crippen molar-refractivity contribution >= 4 is 5.91 Å². The molecule has 6 atom stereocenters. The monoisotopic (exact) mass is 371 g/mol. The highest BCUT2D eigenvalue weighted by atomic mass is 19.1. The summed E-state index contributed by atoms with van der Waals surface area (Å²) in [7, 11) is 0. The minimum absolute atomic E-state index is 0.166. The smallest absolute Gasteiger partial charge is 0.229 e. The zero-order chi connectivity index (χ0) is 19.0. The summed E-state index contributed by atoms with van der Waals surface area (Å²) in [5.41, 5.74) is 0.332. The van der Waals surface area contributed by atoms with E-state index in [1.807, 2.05) is 19.1 Å². The fraction of sp³-hybridized carbons (Fsp3) is 0.696. The Balaban J connectivity index is 1.36. The normalized spacial score (nSPS) is 43.0. The molecule has 2 bridgehead atoms. The van der Waals surface area contributed by atoms with E-state index in [9.17, 15) is 14.3 Å². The van der Waals surface area contributed by atoms with E-state index >= 15 is 0 Å². The minimum Gasteiger partial charge on any atom is -0.390 e. The molecule has 4 aliphatic rings. The third-order valence-electron chi connectivity index (χ3n) is 8.34. The van der Waals surface area contributed by atoms with Crippen LogP contribution in [0.2, 0.25) is 0 Å². The number of likely N-dealkylation sites (tertiary alicyclic amines) is 1. The van der Waals surface area contributed by atoms with Crippen molar-refractivity contribution in [2.45, 2.75) is 70.4 Å². The number of aryl methyl sites for hydroxylation is 1. The average molecular weight is 371 g/mol. The Labute approximate surface area is 160 Å². The Kier molecular flexibility index (Phi) is 3.79. The van der Waals surface area contributed by atoms with Crippen LogP contribution in [-0.4, -0.2) is 34.1 Å². The molecule has 0 aromatic heterocycles. The number of rotatable bonds is 3. The number of hydrogen-bond acceptors (Lipinski definition) is 2. The predicted molar refractivity (Wildman–Crippen MR) is 102 cm³/mol. The van der Waals surface area contributed by atoms with Gasteiger partial charge in [-0.05, 0) is 80.8 Å². The van der Waals surface area contributed by atoms with Crippen molar-refractivity contribution < 1.29 is 14.3 Å². The SMILES string of the molecule is Cc1cccc(CC2(C)CCN([C@@H]3CC[C@]4(O)CC5CC4[C@H]3C5)C2=O)c1F. The second-order valence-electron chi connectivity index (χ2n) is 10.1. The Bertz CT molecular complexity index is 795. The molecule has 4 fully saturated rings. The highest BCUT2D eigenvalue weighted by Gasteiger charge is 2.61. The van der Waals surface area contributed by atoms with Crippen LogP contribution in [0.3, 0.4) is 0 Å². The molecule has 27 heavy (non-hydrogen) atoms. The zero-order valence-corrected chi connectivity index (χ0v) is 16.4. The lowest BCUT2D eigenvalue weighted by Crippen LogP contribution is -2.55. The van der Waals surface area contributed by atoms with Crippen LogP contribution in [0.5, 0.6) is 0 Å². The molecule has 1 aliphatic heterocycles. The number of amides is 1. The summed E-state index contributed by atoms with van der Waals surface area (Å²) < 4.78 is 14.5. The van der Waals surface area contributed by atoms with E-state index in [2.05, 4.69) is 4.90 Å². The van der Waals surface area contributed by atoms with Crippen LogP contribution in [0.1, 0.15) is 56.6 Å². The van der Waals surface area contributed by atoms with E-state index in [4.69, 9.17) is 0 Å². The van der Waals surface area contributed by atoms with Crippen LogP contribution in [0, 0.1) is 35.9 Å². The number of carbonyl (C=O) groups is 1. The third kappa shape index (κ3) is 2.52. The van der Waals surface area contributed by atoms with Crippen molar-refractivity contribution in [1.29, 1.82) is 0 Å². The molecule has 1 saturated heterocycles. The van der Waals surface area contributed by atoms with Crippen molar-refractivity contribution in [1.82, 2.24) is 4.90 Å². The van der Waals surface area contributed by atoms with Crippen LogP contribution < -0.4 is 0 Å². The molecule has 1 aromatic carbocycles. The number of benzene rings is 1. The number of nitrogens with zero attached hydrogens (tertiary/aromatic N) is 1. The largest absolute Gasteiger partial charge is 0.390 e. The molecular weight excluding hydrogens is 341 g/mol. The first-order chi connectivity index (χ1) is 12.8. The second kappa shape index (κ2) is 5.79. The fourth-order valence-electron chi connectivity index (χ4n) is 6.99. The van der Waals surface area contributed by atoms with Gasteiger partial charge in [0.2, 0.25) is 5.91 Å². The van der Waals surface area contributed by atoms with Gasteiger partial charge in [-0.2, -0.15) is 0 Å². The van der Waals surface area contributed by atoms with E-state index in [0.717, 1.165) is 38.6 Å². The number of carbonyl (C=O) groups excluding carboxylic acids is 1. The number of fused-ring (bicyclic) bond motifs is 1. The first-order valence-corrected chi connectivity index (χ1v) is 10.6. The van der Waals surface area contributed by atoms with Crippen LogP contribution in [0.4, 0.5) is 4.39 Å². The van der Waals surface area contributed by atoms with E-state index in [1.54, 1.807) is 13.0 Å². The number of aliphatic hydroxyl groups is 1. The second-order valence-corrected chi connectivity index (χ2v) is 10.1. The molecule has 1 heterocycles. The molecule has 3 aliphatic carbocycles. The lowest BCUT2D eigenvalue weighted by molar-refractivity contribution is -0.145. The van der Waals surface area contributed by atoms with Crippen LogP contribution in [0.15, 0.2) is 18.2 Å². The molecule has 3 nitrogen and oxygen atoms in total. The standard InChI is InChI=1S/C23H30FNO2/c1-14-4-3-5-16(20(14)24)13-22(2)8-9-25(21(22)26)19-6-7-23(27)12-15-10-17(19)18(23)11-15/h3-5,15,17-19,27H,6-13H2,1-2H3/t15?,17-,18?,19-,22?,23+/m1/s1. The lowest BCUT2D eigenvalue weighted by Gasteiger charge is -2.49. The predicted octanol–water partition coefficient (Wildman–Crippen LogP) is 3.85. The summed E-state index contributed by atoms with van der Waals surface area (Å²) in [6.45, 7) is 4.57. The molecule has 1 amide bonds. The molecule has 0 radical (unpaired) electrons. The average Bonchev–Trinajstić information content (AvgIpc) is 3.26. The highest BCUT2D eigenvalue weighted by molar-refractivity contribution is 5.85. The number of halogens is 1. The lowest BCUT2D eigenvalue weighted by atomic mass is 9.65. The topological polar surface area (TPSA) is 40.5 Å². The van der Waals surface area contributed by atoms with Gasteiger partial charge in [-0.25, -0.2) is 4.39 Å². The first-order valence-electron chi connectivity index (χ1n) is 10.6. The minimum atomic E-state index is -0.514. The van der Waals surface area contributed by atoms with Crippen molar-refractivity contribution in [3.8, 4) is 0 Å². The van der Waals surface area contributed by atoms with Crippen molar-refractivity contribution in [3.63, 3.8) is 0 Å². The number of hydrogen-bond donors (Lipinski definition) is 1. The van der Waals surface area contributed by atoms with Crippen LogP contribution in [0.25, 0.3) is 0 Å². The molecule has 5 rings (SSSR count). The van der Waals surface area contributed by atoms with Crippen molar-refractivity contribution in [2.75, 3.05) is 6.54 Å². The maximum atomic E-state index is 14.5. The molecule has 0 spiro atoms. The first kappa shape index (κ1) is 17.7. The quantitative estimate of drug-likeness (QED) is 0.877. The molecule has 4 heteroatoms. The van der Waals surface area contributed by atoms with Gasteiger partial charge in [0.1, 0.15) is 5.82 Å². The summed E-state index contributed by atoms with van der Waals surface area (Å²) in [4.78, 5) is 15.5. The van der Waals surface area contributed by atoms with Gasteiger partial charge in [0.15, 0.2) is 0 Å². The van der Waals surface area contributed by atoms with Gasteiger partial charge in [0.25, 0.3) is 0 Å². The molecule has 146 valence electrons. The van der Waals surface area contributed by atoms with Gasteiger partial charge < -0.3 is 10.0 Å².